The van der Waals surface area contributed by atoms with Crippen LogP contribution in [0.2, 0.25) is 5.02 Å². The fourth-order valence-corrected chi connectivity index (χ4v) is 2.32. The predicted octanol–water partition coefficient (Wildman–Crippen LogP) is 2.77. The number of anilines is 1. The zero-order chi connectivity index (χ0) is 14.0. The van der Waals surface area contributed by atoms with Crippen molar-refractivity contribution in [1.82, 2.24) is 10.4 Å². The molecule has 0 amide bonds. The van der Waals surface area contributed by atoms with Crippen LogP contribution in [0.5, 0.6) is 0 Å². The van der Waals surface area contributed by atoms with Crippen LogP contribution < -0.4 is 17.0 Å². The first kappa shape index (κ1) is 14.2. The van der Waals surface area contributed by atoms with Gasteiger partial charge in [-0.2, -0.15) is 0 Å². The van der Waals surface area contributed by atoms with E-state index in [1.54, 1.807) is 18.2 Å². The molecule has 2 aromatic rings. The maximum atomic E-state index is 13.3. The van der Waals surface area contributed by atoms with Crippen LogP contribution in [0.15, 0.2) is 34.9 Å². The number of benzene rings is 1. The number of halogens is 3. The highest BCUT2D eigenvalue weighted by Crippen LogP contribution is 2.29. The normalized spacial score (nSPS) is 12.4. The van der Waals surface area contributed by atoms with Gasteiger partial charge >= 0.3 is 0 Å². The molecule has 0 aliphatic carbocycles. The Kier molecular flexibility index (Phi) is 4.36. The van der Waals surface area contributed by atoms with Crippen molar-refractivity contribution in [3.63, 3.8) is 0 Å². The zero-order valence-electron chi connectivity index (χ0n) is 9.70. The Morgan fingerprint density at radius 1 is 1.37 bits per heavy atom. The minimum atomic E-state index is -0.428. The van der Waals surface area contributed by atoms with Gasteiger partial charge in [-0.25, -0.2) is 14.8 Å². The number of aromatic nitrogens is 1. The van der Waals surface area contributed by atoms with E-state index in [1.165, 1.54) is 12.3 Å². The van der Waals surface area contributed by atoms with Crippen molar-refractivity contribution in [3.8, 4) is 0 Å². The topological polar surface area (TPSA) is 77.0 Å². The molecule has 1 unspecified atom stereocenters. The molecular weight excluding hydrogens is 335 g/mol. The number of hydrogen-bond acceptors (Lipinski definition) is 4. The molecule has 1 aromatic heterocycles. The van der Waals surface area contributed by atoms with Gasteiger partial charge in [0.1, 0.15) is 11.6 Å². The predicted molar refractivity (Wildman–Crippen MR) is 76.9 cm³/mol. The van der Waals surface area contributed by atoms with Crippen molar-refractivity contribution in [2.75, 3.05) is 5.73 Å². The molecular formula is C12H11BrClFN4. The molecule has 0 fully saturated rings. The van der Waals surface area contributed by atoms with Crippen LogP contribution in [-0.2, 0) is 0 Å². The van der Waals surface area contributed by atoms with Crippen LogP contribution >= 0.6 is 27.5 Å². The maximum Gasteiger partial charge on any atom is 0.137 e. The van der Waals surface area contributed by atoms with Gasteiger partial charge in [0.25, 0.3) is 0 Å². The van der Waals surface area contributed by atoms with E-state index < -0.39 is 6.04 Å². The van der Waals surface area contributed by atoms with E-state index in [-0.39, 0.29) is 5.82 Å². The minimum absolute atomic E-state index is 0.313. The quantitative estimate of drug-likeness (QED) is 0.590. The Morgan fingerprint density at radius 3 is 2.74 bits per heavy atom. The van der Waals surface area contributed by atoms with Crippen molar-refractivity contribution in [2.24, 2.45) is 5.84 Å². The summed E-state index contributed by atoms with van der Waals surface area (Å²) in [4.78, 5) is 3.98. The molecule has 0 aliphatic heterocycles. The maximum absolute atomic E-state index is 13.3. The van der Waals surface area contributed by atoms with Gasteiger partial charge in [-0.15, -0.1) is 0 Å². The third-order valence-electron chi connectivity index (χ3n) is 2.67. The third kappa shape index (κ3) is 3.03. The number of hydrazine groups is 1. The first-order chi connectivity index (χ1) is 9.02. The largest absolute Gasteiger partial charge is 0.383 e. The lowest BCUT2D eigenvalue weighted by Gasteiger charge is -2.18. The summed E-state index contributed by atoms with van der Waals surface area (Å²) < 4.78 is 13.6. The molecule has 1 heterocycles. The van der Waals surface area contributed by atoms with Crippen molar-refractivity contribution in [1.29, 1.82) is 0 Å². The Hall–Kier alpha value is -1.21. The summed E-state index contributed by atoms with van der Waals surface area (Å²) in [6.45, 7) is 0. The van der Waals surface area contributed by atoms with Crippen LogP contribution in [0, 0.1) is 5.82 Å². The van der Waals surface area contributed by atoms with E-state index in [1.807, 2.05) is 0 Å². The van der Waals surface area contributed by atoms with E-state index in [9.17, 15) is 4.39 Å². The molecule has 0 saturated carbocycles. The number of nitrogens with two attached hydrogens (primary N) is 2. The van der Waals surface area contributed by atoms with E-state index in [4.69, 9.17) is 23.2 Å². The molecule has 19 heavy (non-hydrogen) atoms. The van der Waals surface area contributed by atoms with Gasteiger partial charge in [-0.3, -0.25) is 5.84 Å². The van der Waals surface area contributed by atoms with Gasteiger partial charge in [-0.05, 0) is 39.7 Å². The molecule has 1 aromatic carbocycles. The molecule has 0 spiro atoms. The number of hydrogen-bond donors (Lipinski definition) is 3. The molecule has 0 radical (unpaired) electrons. The second-order valence-corrected chi connectivity index (χ2v) is 5.19. The van der Waals surface area contributed by atoms with Gasteiger partial charge in [0.05, 0.1) is 15.5 Å². The van der Waals surface area contributed by atoms with Gasteiger partial charge in [0.2, 0.25) is 0 Å². The minimum Gasteiger partial charge on any atom is -0.383 e. The smallest absolute Gasteiger partial charge is 0.137 e. The Bertz CT molecular complexity index is 608. The highest BCUT2D eigenvalue weighted by Gasteiger charge is 2.17. The van der Waals surface area contributed by atoms with E-state index in [2.05, 4.69) is 26.3 Å². The SMILES string of the molecule is NNC(c1ccc(F)c(Br)c1)c1cc(Cl)cnc1N. The van der Waals surface area contributed by atoms with Crippen LogP contribution in [0.3, 0.4) is 0 Å². The Labute approximate surface area is 123 Å². The summed E-state index contributed by atoms with van der Waals surface area (Å²) in [5.74, 6) is 5.52. The van der Waals surface area contributed by atoms with Gasteiger partial charge in [0, 0.05) is 11.8 Å². The number of nitrogen functional groups attached to an aromatic ring is 1. The second kappa shape index (κ2) is 5.83. The summed E-state index contributed by atoms with van der Waals surface area (Å²) in [7, 11) is 0. The highest BCUT2D eigenvalue weighted by atomic mass is 79.9. The Morgan fingerprint density at radius 2 is 2.11 bits per heavy atom. The molecule has 0 aliphatic rings. The first-order valence-corrected chi connectivity index (χ1v) is 6.52. The van der Waals surface area contributed by atoms with Crippen LogP contribution in [0.1, 0.15) is 17.2 Å². The number of pyridine rings is 1. The molecule has 0 bridgehead atoms. The van der Waals surface area contributed by atoms with Crippen LogP contribution in [-0.4, -0.2) is 4.98 Å². The van der Waals surface area contributed by atoms with Crippen molar-refractivity contribution >= 4 is 33.3 Å². The summed E-state index contributed by atoms with van der Waals surface area (Å²) in [6.07, 6.45) is 1.45. The fourth-order valence-electron chi connectivity index (χ4n) is 1.75. The zero-order valence-corrected chi connectivity index (χ0v) is 12.0. The summed E-state index contributed by atoms with van der Waals surface area (Å²) in [5, 5.41) is 0.450. The van der Waals surface area contributed by atoms with E-state index >= 15 is 0 Å². The average Bonchev–Trinajstić information content (AvgIpc) is 2.38. The monoisotopic (exact) mass is 344 g/mol. The lowest BCUT2D eigenvalue weighted by atomic mass is 10.00. The molecule has 4 nitrogen and oxygen atoms in total. The van der Waals surface area contributed by atoms with Gasteiger partial charge < -0.3 is 5.73 Å². The number of nitrogens with zero attached hydrogens (tertiary/aromatic N) is 1. The summed E-state index contributed by atoms with van der Waals surface area (Å²) in [6, 6.07) is 5.83. The van der Waals surface area contributed by atoms with Crippen LogP contribution in [0.4, 0.5) is 10.2 Å². The highest BCUT2D eigenvalue weighted by molar-refractivity contribution is 9.10. The summed E-state index contributed by atoms with van der Waals surface area (Å²) >= 11 is 9.04. The molecule has 0 saturated heterocycles. The molecule has 7 heteroatoms. The van der Waals surface area contributed by atoms with Crippen LogP contribution in [0.25, 0.3) is 0 Å². The molecule has 2 rings (SSSR count). The molecule has 5 N–H and O–H groups in total. The number of nitrogens with one attached hydrogen (secondary N) is 1. The lowest BCUT2D eigenvalue weighted by molar-refractivity contribution is 0.610. The van der Waals surface area contributed by atoms with Gasteiger partial charge in [-0.1, -0.05) is 17.7 Å². The molecule has 1 atom stereocenters. The van der Waals surface area contributed by atoms with E-state index in [0.29, 0.717) is 20.9 Å². The second-order valence-electron chi connectivity index (χ2n) is 3.90. The standard InChI is InChI=1S/C12H11BrClFN4/c13-9-3-6(1-2-10(9)15)11(19-17)8-4-7(14)5-18-12(8)16/h1-5,11,19H,17H2,(H2,16,18). The van der Waals surface area contributed by atoms with Crippen molar-refractivity contribution < 1.29 is 4.39 Å². The van der Waals surface area contributed by atoms with E-state index in [0.717, 1.165) is 5.56 Å². The number of rotatable bonds is 3. The Balaban J connectivity index is 2.49. The van der Waals surface area contributed by atoms with Crippen molar-refractivity contribution in [2.45, 2.75) is 6.04 Å². The lowest BCUT2D eigenvalue weighted by Crippen LogP contribution is -2.29. The van der Waals surface area contributed by atoms with Crippen molar-refractivity contribution in [3.05, 3.63) is 56.9 Å². The molecule has 100 valence electrons. The third-order valence-corrected chi connectivity index (χ3v) is 3.49. The fraction of sp³-hybridized carbons (Fsp3) is 0.0833. The van der Waals surface area contributed by atoms with Gasteiger partial charge in [0.15, 0.2) is 0 Å². The average molecular weight is 346 g/mol. The first-order valence-electron chi connectivity index (χ1n) is 5.35. The summed E-state index contributed by atoms with van der Waals surface area (Å²) in [5.41, 5.74) is 9.82.